The van der Waals surface area contributed by atoms with Crippen molar-refractivity contribution in [2.24, 2.45) is 0 Å². The predicted octanol–water partition coefficient (Wildman–Crippen LogP) is 4.02. The molecule has 0 aliphatic heterocycles. The van der Waals surface area contributed by atoms with E-state index in [0.29, 0.717) is 16.7 Å². The quantitative estimate of drug-likeness (QED) is 0.567. The Balaban J connectivity index is 1.90. The largest absolute Gasteiger partial charge is 0.497 e. The number of carbonyl (C=O) groups excluding carboxylic acids is 1. The first-order chi connectivity index (χ1) is 14.3. The van der Waals surface area contributed by atoms with Gasteiger partial charge in [0.2, 0.25) is 5.91 Å². The van der Waals surface area contributed by atoms with E-state index >= 15 is 0 Å². The maximum absolute atomic E-state index is 12.3. The first-order valence-corrected chi connectivity index (χ1v) is 9.88. The third kappa shape index (κ3) is 5.53. The number of nitrogens with one attached hydrogen (secondary N) is 1. The topological polar surface area (TPSA) is 69.0 Å². The van der Waals surface area contributed by atoms with Crippen molar-refractivity contribution in [3.8, 4) is 22.8 Å². The molecular weight excluding hydrogens is 417 g/mol. The van der Waals surface area contributed by atoms with E-state index < -0.39 is 18.6 Å². The molecule has 1 heterocycles. The van der Waals surface area contributed by atoms with Gasteiger partial charge >= 0.3 is 6.18 Å². The van der Waals surface area contributed by atoms with E-state index in [1.807, 2.05) is 48.6 Å². The molecule has 0 saturated heterocycles. The molecule has 10 heteroatoms. The summed E-state index contributed by atoms with van der Waals surface area (Å²) in [5.74, 6) is 0.267. The number of nitrogens with zero attached hydrogens (tertiary/aromatic N) is 3. The van der Waals surface area contributed by atoms with Gasteiger partial charge in [0.25, 0.3) is 0 Å². The summed E-state index contributed by atoms with van der Waals surface area (Å²) in [4.78, 5) is 11.8. The summed E-state index contributed by atoms with van der Waals surface area (Å²) < 4.78 is 43.8. The van der Waals surface area contributed by atoms with Crippen molar-refractivity contribution in [2.75, 3.05) is 19.4 Å². The van der Waals surface area contributed by atoms with Gasteiger partial charge in [-0.1, -0.05) is 35.5 Å². The third-order valence-electron chi connectivity index (χ3n) is 4.06. The lowest BCUT2D eigenvalue weighted by Gasteiger charge is -2.12. The molecule has 0 bridgehead atoms. The lowest BCUT2D eigenvalue weighted by atomic mass is 10.1. The van der Waals surface area contributed by atoms with Gasteiger partial charge in [0.1, 0.15) is 12.3 Å². The van der Waals surface area contributed by atoms with Crippen LogP contribution in [0.5, 0.6) is 5.75 Å². The number of hydrogen-bond donors (Lipinski definition) is 1. The van der Waals surface area contributed by atoms with E-state index in [1.165, 1.54) is 0 Å². The van der Waals surface area contributed by atoms with E-state index in [2.05, 4.69) is 10.2 Å². The van der Waals surface area contributed by atoms with Gasteiger partial charge in [-0.05, 0) is 37.3 Å². The molecule has 0 atom stereocenters. The maximum Gasteiger partial charge on any atom is 0.405 e. The first kappa shape index (κ1) is 21.7. The summed E-state index contributed by atoms with van der Waals surface area (Å²) in [6.45, 7) is 0.588. The zero-order valence-corrected chi connectivity index (χ0v) is 17.0. The molecule has 0 saturated carbocycles. The van der Waals surface area contributed by atoms with Gasteiger partial charge in [0.05, 0.1) is 12.9 Å². The SMILES string of the molecule is COc1ccc(-n2c(SCC(=O)NCC(F)(F)F)nnc2-c2cccc(C)c2)cc1. The molecule has 30 heavy (non-hydrogen) atoms. The van der Waals surface area contributed by atoms with Gasteiger partial charge in [-0.3, -0.25) is 9.36 Å². The van der Waals surface area contributed by atoms with E-state index in [4.69, 9.17) is 4.74 Å². The molecule has 0 radical (unpaired) electrons. The van der Waals surface area contributed by atoms with Crippen LogP contribution >= 0.6 is 11.8 Å². The van der Waals surface area contributed by atoms with Gasteiger partial charge in [-0.25, -0.2) is 0 Å². The lowest BCUT2D eigenvalue weighted by molar-refractivity contribution is -0.136. The van der Waals surface area contributed by atoms with Crippen molar-refractivity contribution in [1.29, 1.82) is 0 Å². The second-order valence-electron chi connectivity index (χ2n) is 6.39. The number of alkyl halides is 3. The van der Waals surface area contributed by atoms with Gasteiger partial charge in [-0.15, -0.1) is 10.2 Å². The van der Waals surface area contributed by atoms with Gasteiger partial charge in [0, 0.05) is 11.3 Å². The minimum Gasteiger partial charge on any atom is -0.497 e. The molecule has 0 spiro atoms. The summed E-state index contributed by atoms with van der Waals surface area (Å²) >= 11 is 1.01. The van der Waals surface area contributed by atoms with Crippen molar-refractivity contribution in [2.45, 2.75) is 18.3 Å². The van der Waals surface area contributed by atoms with Gasteiger partial charge in [0.15, 0.2) is 11.0 Å². The Morgan fingerprint density at radius 3 is 2.53 bits per heavy atom. The maximum atomic E-state index is 12.3. The van der Waals surface area contributed by atoms with Gasteiger partial charge < -0.3 is 10.1 Å². The second kappa shape index (κ2) is 9.21. The van der Waals surface area contributed by atoms with E-state index in [1.54, 1.807) is 23.8 Å². The molecule has 1 aromatic heterocycles. The number of hydrogen-bond acceptors (Lipinski definition) is 5. The molecule has 0 aliphatic rings. The Morgan fingerprint density at radius 1 is 1.17 bits per heavy atom. The van der Waals surface area contributed by atoms with Crippen LogP contribution in [0.1, 0.15) is 5.56 Å². The fraction of sp³-hybridized carbons (Fsp3) is 0.250. The fourth-order valence-corrected chi connectivity index (χ4v) is 3.46. The predicted molar refractivity (Wildman–Crippen MR) is 108 cm³/mol. The molecule has 2 aromatic carbocycles. The minimum absolute atomic E-state index is 0.224. The molecule has 3 aromatic rings. The number of ether oxygens (including phenoxy) is 1. The first-order valence-electron chi connectivity index (χ1n) is 8.90. The molecule has 1 amide bonds. The van der Waals surface area contributed by atoms with Crippen LogP contribution in [-0.4, -0.2) is 46.3 Å². The number of rotatable bonds is 7. The highest BCUT2D eigenvalue weighted by Gasteiger charge is 2.27. The average molecular weight is 436 g/mol. The summed E-state index contributed by atoms with van der Waals surface area (Å²) in [7, 11) is 1.56. The third-order valence-corrected chi connectivity index (χ3v) is 4.99. The van der Waals surface area contributed by atoms with Crippen LogP contribution in [0.25, 0.3) is 17.1 Å². The lowest BCUT2D eigenvalue weighted by Crippen LogP contribution is -2.34. The highest BCUT2D eigenvalue weighted by Crippen LogP contribution is 2.29. The Hall–Kier alpha value is -3.01. The average Bonchev–Trinajstić information content (AvgIpc) is 3.14. The molecule has 0 fully saturated rings. The number of aromatic nitrogens is 3. The Labute approximate surface area is 175 Å². The number of thioether (sulfide) groups is 1. The smallest absolute Gasteiger partial charge is 0.405 e. The van der Waals surface area contributed by atoms with Crippen LogP contribution in [-0.2, 0) is 4.79 Å². The van der Waals surface area contributed by atoms with Crippen LogP contribution < -0.4 is 10.1 Å². The summed E-state index contributed by atoms with van der Waals surface area (Å²) in [5.41, 5.74) is 2.60. The van der Waals surface area contributed by atoms with Crippen LogP contribution in [0.15, 0.2) is 53.7 Å². The van der Waals surface area contributed by atoms with Gasteiger partial charge in [-0.2, -0.15) is 13.2 Å². The normalized spacial score (nSPS) is 11.4. The summed E-state index contributed by atoms with van der Waals surface area (Å²) in [6.07, 6.45) is -4.46. The standard InChI is InChI=1S/C20H19F3N4O2S/c1-13-4-3-5-14(10-13)18-25-26-19(30-11-17(28)24-12-20(21,22)23)27(18)15-6-8-16(29-2)9-7-15/h3-10H,11-12H2,1-2H3,(H,24,28). The van der Waals surface area contributed by atoms with E-state index in [0.717, 1.165) is 28.6 Å². The zero-order valence-electron chi connectivity index (χ0n) is 16.2. The minimum atomic E-state index is -4.46. The van der Waals surface area contributed by atoms with Crippen molar-refractivity contribution in [1.82, 2.24) is 20.1 Å². The number of aryl methyl sites for hydroxylation is 1. The molecular formula is C20H19F3N4O2S. The highest BCUT2D eigenvalue weighted by atomic mass is 32.2. The molecule has 3 rings (SSSR count). The highest BCUT2D eigenvalue weighted by molar-refractivity contribution is 7.99. The van der Waals surface area contributed by atoms with Crippen LogP contribution in [0.2, 0.25) is 0 Å². The van der Waals surface area contributed by atoms with Crippen molar-refractivity contribution < 1.29 is 22.7 Å². The Morgan fingerprint density at radius 2 is 1.90 bits per heavy atom. The van der Waals surface area contributed by atoms with Crippen molar-refractivity contribution in [3.05, 3.63) is 54.1 Å². The van der Waals surface area contributed by atoms with Crippen LogP contribution in [0.4, 0.5) is 13.2 Å². The number of halogens is 3. The number of carbonyl (C=O) groups is 1. The second-order valence-corrected chi connectivity index (χ2v) is 7.33. The molecule has 0 aliphatic carbocycles. The van der Waals surface area contributed by atoms with E-state index in [-0.39, 0.29) is 5.75 Å². The molecule has 6 nitrogen and oxygen atoms in total. The van der Waals surface area contributed by atoms with Crippen LogP contribution in [0, 0.1) is 6.92 Å². The monoisotopic (exact) mass is 436 g/mol. The van der Waals surface area contributed by atoms with E-state index in [9.17, 15) is 18.0 Å². The number of methoxy groups -OCH3 is 1. The summed E-state index contributed by atoms with van der Waals surface area (Å²) in [6, 6.07) is 14.9. The number of amides is 1. The molecule has 1 N–H and O–H groups in total. The number of benzene rings is 2. The molecule has 158 valence electrons. The fourth-order valence-electron chi connectivity index (χ4n) is 2.68. The Bertz CT molecular complexity index is 1020. The zero-order chi connectivity index (χ0) is 21.7. The van der Waals surface area contributed by atoms with Crippen LogP contribution in [0.3, 0.4) is 0 Å². The van der Waals surface area contributed by atoms with Crippen molar-refractivity contribution in [3.63, 3.8) is 0 Å². The Kier molecular flexibility index (Phi) is 6.66. The molecule has 0 unspecified atom stereocenters. The summed E-state index contributed by atoms with van der Waals surface area (Å²) in [5, 5.41) is 10.7. The van der Waals surface area contributed by atoms with Crippen molar-refractivity contribution >= 4 is 17.7 Å².